The number of sulfonamides is 1. The van der Waals surface area contributed by atoms with Crippen LogP contribution in [0.2, 0.25) is 0 Å². The molecule has 0 aromatic heterocycles. The van der Waals surface area contributed by atoms with Gasteiger partial charge in [-0.3, -0.25) is 15.6 Å². The van der Waals surface area contributed by atoms with Crippen LogP contribution in [0.5, 0.6) is 0 Å². The van der Waals surface area contributed by atoms with Gasteiger partial charge in [0.2, 0.25) is 10.0 Å². The van der Waals surface area contributed by atoms with E-state index in [1.54, 1.807) is 4.31 Å². The van der Waals surface area contributed by atoms with Crippen molar-refractivity contribution in [3.8, 4) is 0 Å². The first-order valence-electron chi connectivity index (χ1n) is 12.1. The molecule has 2 bridgehead atoms. The predicted molar refractivity (Wildman–Crippen MR) is 116 cm³/mol. The first-order chi connectivity index (χ1) is 14.9. The highest BCUT2D eigenvalue weighted by atomic mass is 32.2. The number of fused-ring (bicyclic) bond motifs is 5. The van der Waals surface area contributed by atoms with Gasteiger partial charge in [-0.25, -0.2) is 22.1 Å². The molecule has 5 aliphatic rings. The average Bonchev–Trinajstić information content (AvgIpc) is 3.36. The summed E-state index contributed by atoms with van der Waals surface area (Å²) in [4.78, 5) is 2.59. The Labute approximate surface area is 185 Å². The van der Waals surface area contributed by atoms with Gasteiger partial charge in [-0.1, -0.05) is 0 Å². The molecule has 0 aromatic rings. The van der Waals surface area contributed by atoms with E-state index in [0.29, 0.717) is 45.0 Å². The van der Waals surface area contributed by atoms with Crippen molar-refractivity contribution in [1.82, 2.24) is 25.0 Å². The molecule has 5 rings (SSSR count). The molecule has 6 unspecified atom stereocenters. The van der Waals surface area contributed by atoms with Crippen LogP contribution < -0.4 is 10.7 Å². The predicted octanol–water partition coefficient (Wildman–Crippen LogP) is 0.721. The second-order valence-electron chi connectivity index (χ2n) is 10.1. The maximum Gasteiger partial charge on any atom is 0.211 e. The van der Waals surface area contributed by atoms with Crippen LogP contribution in [0, 0.1) is 11.8 Å². The molecule has 4 saturated heterocycles. The number of hydrogen-bond donors (Lipinski definition) is 2. The zero-order chi connectivity index (χ0) is 21.6. The van der Waals surface area contributed by atoms with Crippen LogP contribution >= 0.6 is 0 Å². The van der Waals surface area contributed by atoms with Crippen molar-refractivity contribution in [1.29, 1.82) is 0 Å². The Kier molecular flexibility index (Phi) is 6.60. The van der Waals surface area contributed by atoms with Gasteiger partial charge in [-0.05, 0) is 51.5 Å². The molecule has 1 aliphatic carbocycles. The van der Waals surface area contributed by atoms with Crippen molar-refractivity contribution in [3.05, 3.63) is 0 Å². The molecule has 8 nitrogen and oxygen atoms in total. The van der Waals surface area contributed by atoms with Crippen LogP contribution in [0.15, 0.2) is 0 Å². The highest BCUT2D eigenvalue weighted by Crippen LogP contribution is 2.39. The van der Waals surface area contributed by atoms with E-state index in [2.05, 4.69) is 20.7 Å². The lowest BCUT2D eigenvalue weighted by molar-refractivity contribution is -0.0707. The largest absolute Gasteiger partial charge is 0.378 e. The SMILES string of the molecule is CS(=O)(=O)N1CCCOC2CCC(F)CC2[C@H]2CCCN2C2CCN3NCC(C1)C3N2. The molecule has 0 aromatic carbocycles. The zero-order valence-corrected chi connectivity index (χ0v) is 19.4. The third-order valence-corrected chi connectivity index (χ3v) is 9.41. The van der Waals surface area contributed by atoms with Crippen LogP contribution in [0.1, 0.15) is 44.9 Å². The first-order valence-corrected chi connectivity index (χ1v) is 14.0. The van der Waals surface area contributed by atoms with Crippen molar-refractivity contribution in [3.63, 3.8) is 0 Å². The van der Waals surface area contributed by atoms with E-state index in [1.807, 2.05) is 0 Å². The Morgan fingerprint density at radius 1 is 1.06 bits per heavy atom. The van der Waals surface area contributed by atoms with E-state index < -0.39 is 16.2 Å². The minimum atomic E-state index is -3.28. The van der Waals surface area contributed by atoms with E-state index in [9.17, 15) is 12.8 Å². The van der Waals surface area contributed by atoms with Gasteiger partial charge in [-0.15, -0.1) is 0 Å². The molecule has 5 fully saturated rings. The number of ether oxygens (including phenoxy) is 1. The molecule has 10 heteroatoms. The van der Waals surface area contributed by atoms with Crippen molar-refractivity contribution < 1.29 is 17.5 Å². The normalized spacial score (nSPS) is 43.9. The van der Waals surface area contributed by atoms with Gasteiger partial charge in [0, 0.05) is 50.7 Å². The minimum Gasteiger partial charge on any atom is -0.378 e. The summed E-state index contributed by atoms with van der Waals surface area (Å²) in [5.74, 6) is 0.414. The van der Waals surface area contributed by atoms with Crippen LogP contribution in [0.25, 0.3) is 0 Å². The number of hydrogen-bond acceptors (Lipinski definition) is 7. The Morgan fingerprint density at radius 2 is 1.94 bits per heavy atom. The quantitative estimate of drug-likeness (QED) is 0.598. The van der Waals surface area contributed by atoms with E-state index >= 15 is 0 Å². The fourth-order valence-electron chi connectivity index (χ4n) is 6.64. The van der Waals surface area contributed by atoms with Crippen molar-refractivity contribution in [2.24, 2.45) is 11.8 Å². The average molecular weight is 460 g/mol. The summed E-state index contributed by atoms with van der Waals surface area (Å²) in [6, 6.07) is 0.371. The van der Waals surface area contributed by atoms with Gasteiger partial charge in [-0.2, -0.15) is 0 Å². The Balaban J connectivity index is 1.42. The lowest BCUT2D eigenvalue weighted by Crippen LogP contribution is -2.64. The van der Waals surface area contributed by atoms with E-state index in [-0.39, 0.29) is 30.3 Å². The number of nitrogens with zero attached hydrogens (tertiary/aromatic N) is 3. The second-order valence-corrected chi connectivity index (χ2v) is 12.1. The summed E-state index contributed by atoms with van der Waals surface area (Å²) in [5, 5.41) is 6.11. The highest BCUT2D eigenvalue weighted by Gasteiger charge is 2.47. The van der Waals surface area contributed by atoms with E-state index in [1.165, 1.54) is 6.26 Å². The van der Waals surface area contributed by atoms with Crippen LogP contribution in [0.3, 0.4) is 0 Å². The molecular weight excluding hydrogens is 421 g/mol. The molecule has 31 heavy (non-hydrogen) atoms. The summed E-state index contributed by atoms with van der Waals surface area (Å²) >= 11 is 0. The molecule has 1 saturated carbocycles. The standard InChI is InChI=1S/C21H38FN5O3S/c1-31(28,29)25-8-3-11-30-19-6-5-16(22)12-17(19)18-4-2-9-26(18)20-7-10-27-21(24-20)15(14-25)13-23-27/h15-21,23-24H,2-14H2,1H3/t15?,16?,17?,18-,19?,20?,21?/m1/s1. The van der Waals surface area contributed by atoms with Crippen LogP contribution in [-0.4, -0.2) is 98.9 Å². The topological polar surface area (TPSA) is 77.2 Å². The van der Waals surface area contributed by atoms with E-state index in [4.69, 9.17) is 4.74 Å². The van der Waals surface area contributed by atoms with Gasteiger partial charge < -0.3 is 4.74 Å². The van der Waals surface area contributed by atoms with Crippen molar-refractivity contribution in [2.45, 2.75) is 75.6 Å². The molecular formula is C21H38FN5O3S. The third kappa shape index (κ3) is 4.67. The van der Waals surface area contributed by atoms with Crippen molar-refractivity contribution in [2.75, 3.05) is 45.6 Å². The molecule has 7 atom stereocenters. The molecule has 0 amide bonds. The zero-order valence-electron chi connectivity index (χ0n) is 18.6. The number of nitrogens with one attached hydrogen (secondary N) is 2. The molecule has 178 valence electrons. The number of rotatable bonds is 1. The summed E-state index contributed by atoms with van der Waals surface area (Å²) < 4.78 is 47.3. The van der Waals surface area contributed by atoms with Crippen LogP contribution in [0.4, 0.5) is 4.39 Å². The van der Waals surface area contributed by atoms with Crippen LogP contribution in [-0.2, 0) is 14.8 Å². The number of hydrazine groups is 1. The van der Waals surface area contributed by atoms with Crippen molar-refractivity contribution >= 4 is 10.0 Å². The Morgan fingerprint density at radius 3 is 2.77 bits per heavy atom. The Hall–Kier alpha value is -0.360. The number of halogens is 1. The first kappa shape index (κ1) is 22.4. The summed E-state index contributed by atoms with van der Waals surface area (Å²) in [7, 11) is -3.28. The van der Waals surface area contributed by atoms with Gasteiger partial charge in [0.1, 0.15) is 6.17 Å². The fraction of sp³-hybridized carbons (Fsp3) is 1.00. The number of alkyl halides is 1. The molecule has 0 radical (unpaired) electrons. The van der Waals surface area contributed by atoms with E-state index in [0.717, 1.165) is 45.3 Å². The maximum atomic E-state index is 14.5. The monoisotopic (exact) mass is 459 g/mol. The summed E-state index contributed by atoms with van der Waals surface area (Å²) in [6.07, 6.45) is 6.93. The molecule has 4 heterocycles. The van der Waals surface area contributed by atoms with Gasteiger partial charge >= 0.3 is 0 Å². The van der Waals surface area contributed by atoms with Gasteiger partial charge in [0.05, 0.1) is 24.7 Å². The lowest BCUT2D eigenvalue weighted by Gasteiger charge is -2.47. The molecule has 4 aliphatic heterocycles. The molecule has 0 spiro atoms. The smallest absolute Gasteiger partial charge is 0.211 e. The summed E-state index contributed by atoms with van der Waals surface area (Å²) in [5.41, 5.74) is 3.48. The van der Waals surface area contributed by atoms with Gasteiger partial charge in [0.15, 0.2) is 0 Å². The van der Waals surface area contributed by atoms with Gasteiger partial charge in [0.25, 0.3) is 0 Å². The maximum absolute atomic E-state index is 14.5. The highest BCUT2D eigenvalue weighted by molar-refractivity contribution is 7.88. The fourth-order valence-corrected chi connectivity index (χ4v) is 7.56. The molecule has 2 N–H and O–H groups in total. The summed E-state index contributed by atoms with van der Waals surface area (Å²) in [6.45, 7) is 4.30. The third-order valence-electron chi connectivity index (χ3n) is 8.14. The lowest BCUT2D eigenvalue weighted by atomic mass is 9.79. The minimum absolute atomic E-state index is 0.0770. The Bertz CT molecular complexity index is 743. The second kappa shape index (κ2) is 9.12.